The Labute approximate surface area is 122 Å². The van der Waals surface area contributed by atoms with Gasteiger partial charge < -0.3 is 14.8 Å². The fourth-order valence-electron chi connectivity index (χ4n) is 1.66. The fraction of sp³-hybridized carbons (Fsp3) is 0.733. The second-order valence-electron chi connectivity index (χ2n) is 5.40. The molecule has 0 fully saturated rings. The highest BCUT2D eigenvalue weighted by atomic mass is 16.5. The molecule has 1 rings (SSSR count). The maximum atomic E-state index is 5.61. The molecular weight excluding hydrogens is 254 g/mol. The molecule has 0 aliphatic carbocycles. The molecule has 0 saturated heterocycles. The Kier molecular flexibility index (Phi) is 7.30. The van der Waals surface area contributed by atoms with E-state index in [0.717, 1.165) is 24.5 Å². The molecule has 0 aromatic carbocycles. The predicted octanol–water partition coefficient (Wildman–Crippen LogP) is 2.91. The normalized spacial score (nSPS) is 12.5. The number of nitrogens with zero attached hydrogens (tertiary/aromatic N) is 2. The third-order valence-electron chi connectivity index (χ3n) is 2.88. The van der Waals surface area contributed by atoms with E-state index in [4.69, 9.17) is 9.47 Å². The van der Waals surface area contributed by atoms with E-state index < -0.39 is 0 Å². The first kappa shape index (κ1) is 16.7. The van der Waals surface area contributed by atoms with E-state index in [0.29, 0.717) is 31.1 Å². The summed E-state index contributed by atoms with van der Waals surface area (Å²) in [5, 5.41) is 3.37. The molecule has 5 nitrogen and oxygen atoms in total. The van der Waals surface area contributed by atoms with E-state index in [-0.39, 0.29) is 0 Å². The number of nitrogens with one attached hydrogen (secondary N) is 1. The molecule has 0 amide bonds. The molecule has 1 atom stereocenters. The maximum Gasteiger partial charge on any atom is 0.218 e. The molecule has 1 unspecified atom stereocenters. The highest BCUT2D eigenvalue weighted by molar-refractivity contribution is 5.39. The maximum absolute atomic E-state index is 5.61. The summed E-state index contributed by atoms with van der Waals surface area (Å²) in [4.78, 5) is 9.01. The zero-order valence-electron chi connectivity index (χ0n) is 13.3. The van der Waals surface area contributed by atoms with Crippen LogP contribution in [-0.4, -0.2) is 36.3 Å². The van der Waals surface area contributed by atoms with Gasteiger partial charge in [-0.2, -0.15) is 4.98 Å². The van der Waals surface area contributed by atoms with Gasteiger partial charge in [-0.25, -0.2) is 4.98 Å². The molecule has 0 spiro atoms. The van der Waals surface area contributed by atoms with E-state index in [1.165, 1.54) is 0 Å². The topological polar surface area (TPSA) is 56.3 Å². The van der Waals surface area contributed by atoms with Crippen LogP contribution < -0.4 is 10.1 Å². The van der Waals surface area contributed by atoms with Crippen LogP contribution in [0.1, 0.15) is 39.9 Å². The van der Waals surface area contributed by atoms with Crippen LogP contribution in [0.3, 0.4) is 0 Å². The number of anilines is 1. The minimum Gasteiger partial charge on any atom is -0.475 e. The number of hydrogen-bond acceptors (Lipinski definition) is 5. The standard InChI is InChI=1S/C15H27N3O2/c1-6-12(4)16-14-10-15(20-8-7-19-5)18-13(17-14)9-11(2)3/h10-12H,6-9H2,1-5H3,(H,16,17,18). The van der Waals surface area contributed by atoms with Gasteiger partial charge in [0.1, 0.15) is 18.2 Å². The van der Waals surface area contributed by atoms with Gasteiger partial charge in [-0.1, -0.05) is 20.8 Å². The van der Waals surface area contributed by atoms with Crippen molar-refractivity contribution in [3.05, 3.63) is 11.9 Å². The zero-order valence-corrected chi connectivity index (χ0v) is 13.3. The summed E-state index contributed by atoms with van der Waals surface area (Å²) in [6.45, 7) is 9.64. The lowest BCUT2D eigenvalue weighted by molar-refractivity contribution is 0.143. The summed E-state index contributed by atoms with van der Waals surface area (Å²) < 4.78 is 10.6. The first-order chi connectivity index (χ1) is 9.55. The van der Waals surface area contributed by atoms with E-state index in [1.54, 1.807) is 7.11 Å². The molecule has 0 bridgehead atoms. The molecule has 0 saturated carbocycles. The molecule has 5 heteroatoms. The van der Waals surface area contributed by atoms with Crippen molar-refractivity contribution in [2.75, 3.05) is 25.6 Å². The van der Waals surface area contributed by atoms with Gasteiger partial charge in [0, 0.05) is 25.6 Å². The smallest absolute Gasteiger partial charge is 0.218 e. The van der Waals surface area contributed by atoms with Gasteiger partial charge >= 0.3 is 0 Å². The predicted molar refractivity (Wildman–Crippen MR) is 81.3 cm³/mol. The van der Waals surface area contributed by atoms with Crippen LogP contribution in [0.2, 0.25) is 0 Å². The van der Waals surface area contributed by atoms with Crippen LogP contribution in [0.4, 0.5) is 5.82 Å². The van der Waals surface area contributed by atoms with Crippen LogP contribution in [0.25, 0.3) is 0 Å². The third-order valence-corrected chi connectivity index (χ3v) is 2.88. The first-order valence-corrected chi connectivity index (χ1v) is 7.31. The number of rotatable bonds is 9. The van der Waals surface area contributed by atoms with Crippen molar-refractivity contribution in [3.8, 4) is 5.88 Å². The van der Waals surface area contributed by atoms with Crippen molar-refractivity contribution in [3.63, 3.8) is 0 Å². The average molecular weight is 281 g/mol. The summed E-state index contributed by atoms with van der Waals surface area (Å²) in [6.07, 6.45) is 1.89. The fourth-order valence-corrected chi connectivity index (χ4v) is 1.66. The van der Waals surface area contributed by atoms with Gasteiger partial charge in [0.2, 0.25) is 5.88 Å². The summed E-state index contributed by atoms with van der Waals surface area (Å²) in [5.74, 6) is 2.78. The highest BCUT2D eigenvalue weighted by Gasteiger charge is 2.09. The number of ether oxygens (including phenoxy) is 2. The monoisotopic (exact) mass is 281 g/mol. The molecule has 1 aromatic rings. The van der Waals surface area contributed by atoms with E-state index in [1.807, 2.05) is 6.07 Å². The highest BCUT2D eigenvalue weighted by Crippen LogP contribution is 2.17. The molecule has 114 valence electrons. The van der Waals surface area contributed by atoms with Crippen LogP contribution in [0.15, 0.2) is 6.07 Å². The Morgan fingerprint density at radius 3 is 2.55 bits per heavy atom. The van der Waals surface area contributed by atoms with Crippen molar-refractivity contribution < 1.29 is 9.47 Å². The van der Waals surface area contributed by atoms with Gasteiger partial charge in [-0.3, -0.25) is 0 Å². The molecule has 20 heavy (non-hydrogen) atoms. The Morgan fingerprint density at radius 2 is 1.95 bits per heavy atom. The van der Waals surface area contributed by atoms with E-state index in [9.17, 15) is 0 Å². The SMILES string of the molecule is CCC(C)Nc1cc(OCCOC)nc(CC(C)C)n1. The zero-order chi connectivity index (χ0) is 15.0. The largest absolute Gasteiger partial charge is 0.475 e. The lowest BCUT2D eigenvalue weighted by Gasteiger charge is -2.15. The summed E-state index contributed by atoms with van der Waals surface area (Å²) in [5.41, 5.74) is 0. The lowest BCUT2D eigenvalue weighted by atomic mass is 10.1. The third kappa shape index (κ3) is 6.19. The average Bonchev–Trinajstić information content (AvgIpc) is 2.38. The van der Waals surface area contributed by atoms with E-state index >= 15 is 0 Å². The Bertz CT molecular complexity index is 397. The van der Waals surface area contributed by atoms with Crippen molar-refractivity contribution in [1.29, 1.82) is 0 Å². The minimum atomic E-state index is 0.378. The quantitative estimate of drug-likeness (QED) is 0.705. The Balaban J connectivity index is 2.83. The first-order valence-electron chi connectivity index (χ1n) is 7.31. The molecule has 0 aliphatic heterocycles. The van der Waals surface area contributed by atoms with Crippen LogP contribution >= 0.6 is 0 Å². The summed E-state index contributed by atoms with van der Waals surface area (Å²) in [6, 6.07) is 2.23. The molecule has 0 aliphatic rings. The summed E-state index contributed by atoms with van der Waals surface area (Å²) in [7, 11) is 1.66. The van der Waals surface area contributed by atoms with Gasteiger partial charge in [0.25, 0.3) is 0 Å². The van der Waals surface area contributed by atoms with Crippen molar-refractivity contribution in [2.24, 2.45) is 5.92 Å². The van der Waals surface area contributed by atoms with Crippen LogP contribution in [0, 0.1) is 5.92 Å². The summed E-state index contributed by atoms with van der Waals surface area (Å²) >= 11 is 0. The minimum absolute atomic E-state index is 0.378. The van der Waals surface area contributed by atoms with Gasteiger partial charge in [0.05, 0.1) is 6.61 Å². The van der Waals surface area contributed by atoms with Crippen molar-refractivity contribution >= 4 is 5.82 Å². The second-order valence-corrected chi connectivity index (χ2v) is 5.40. The number of methoxy groups -OCH3 is 1. The van der Waals surface area contributed by atoms with Crippen LogP contribution in [-0.2, 0) is 11.2 Å². The van der Waals surface area contributed by atoms with Crippen molar-refractivity contribution in [2.45, 2.75) is 46.6 Å². The number of hydrogen-bond donors (Lipinski definition) is 1. The molecule has 1 aromatic heterocycles. The Morgan fingerprint density at radius 1 is 1.20 bits per heavy atom. The lowest BCUT2D eigenvalue weighted by Crippen LogP contribution is -2.16. The van der Waals surface area contributed by atoms with Crippen molar-refractivity contribution in [1.82, 2.24) is 9.97 Å². The Hall–Kier alpha value is -1.36. The van der Waals surface area contributed by atoms with Gasteiger partial charge in [-0.05, 0) is 19.3 Å². The van der Waals surface area contributed by atoms with Gasteiger partial charge in [-0.15, -0.1) is 0 Å². The molecule has 0 radical (unpaired) electrons. The number of aromatic nitrogens is 2. The second kappa shape index (κ2) is 8.74. The molecule has 1 N–H and O–H groups in total. The van der Waals surface area contributed by atoms with Crippen LogP contribution in [0.5, 0.6) is 5.88 Å². The van der Waals surface area contributed by atoms with E-state index in [2.05, 4.69) is 43.0 Å². The van der Waals surface area contributed by atoms with Gasteiger partial charge in [0.15, 0.2) is 0 Å². The molecule has 1 heterocycles. The molecular formula is C15H27N3O2.